The summed E-state index contributed by atoms with van der Waals surface area (Å²) in [4.78, 5) is 2.53. The Morgan fingerprint density at radius 3 is 2.55 bits per heavy atom. The summed E-state index contributed by atoms with van der Waals surface area (Å²) < 4.78 is 13.2. The molecule has 2 heterocycles. The molecule has 31 heavy (non-hydrogen) atoms. The molecule has 0 spiro atoms. The van der Waals surface area contributed by atoms with E-state index in [1.807, 2.05) is 6.07 Å². The van der Waals surface area contributed by atoms with E-state index < -0.39 is 0 Å². The van der Waals surface area contributed by atoms with Crippen molar-refractivity contribution >= 4 is 0 Å². The Labute approximate surface area is 185 Å². The lowest BCUT2D eigenvalue weighted by Crippen LogP contribution is -2.24. The molecular weight excluding hydrogens is 386 g/mol. The van der Waals surface area contributed by atoms with Crippen LogP contribution >= 0.6 is 0 Å². The molecule has 0 atom stereocenters. The van der Waals surface area contributed by atoms with Crippen LogP contribution in [0.2, 0.25) is 0 Å². The maximum Gasteiger partial charge on any atom is 0.231 e. The third-order valence-electron chi connectivity index (χ3n) is 5.79. The zero-order valence-corrected chi connectivity index (χ0v) is 18.7. The summed E-state index contributed by atoms with van der Waals surface area (Å²) in [6.45, 7) is 7.67. The van der Waals surface area contributed by atoms with Gasteiger partial charge in [-0.15, -0.1) is 0 Å². The third-order valence-corrected chi connectivity index (χ3v) is 5.79. The molecule has 164 valence electrons. The lowest BCUT2D eigenvalue weighted by molar-refractivity contribution is 0.174. The molecule has 3 aromatic rings. The maximum atomic E-state index is 5.58. The van der Waals surface area contributed by atoms with Gasteiger partial charge in [0.25, 0.3) is 0 Å². The van der Waals surface area contributed by atoms with E-state index in [0.29, 0.717) is 6.79 Å². The third kappa shape index (κ3) is 5.28. The Hall–Kier alpha value is -2.79. The van der Waals surface area contributed by atoms with Crippen LogP contribution in [0.3, 0.4) is 0 Å². The van der Waals surface area contributed by atoms with Crippen molar-refractivity contribution in [3.8, 4) is 17.2 Å². The average Bonchev–Trinajstić information content (AvgIpc) is 3.43. The topological polar surface area (TPSA) is 39.5 Å². The largest absolute Gasteiger partial charge is 0.454 e. The van der Waals surface area contributed by atoms with Crippen molar-refractivity contribution in [1.29, 1.82) is 0 Å². The summed E-state index contributed by atoms with van der Waals surface area (Å²) in [7, 11) is 0. The van der Waals surface area contributed by atoms with Gasteiger partial charge in [0.15, 0.2) is 11.5 Å². The van der Waals surface area contributed by atoms with E-state index in [4.69, 9.17) is 14.6 Å². The quantitative estimate of drug-likeness (QED) is 0.397. The minimum absolute atomic E-state index is 0.317. The average molecular weight is 420 g/mol. The van der Waals surface area contributed by atoms with Gasteiger partial charge >= 0.3 is 0 Å². The second kappa shape index (κ2) is 10.5. The van der Waals surface area contributed by atoms with Gasteiger partial charge in [0.05, 0.1) is 11.9 Å². The highest BCUT2D eigenvalue weighted by molar-refractivity contribution is 5.44. The molecule has 1 aliphatic heterocycles. The molecule has 2 aromatic carbocycles. The van der Waals surface area contributed by atoms with Crippen molar-refractivity contribution in [3.05, 3.63) is 71.5 Å². The smallest absolute Gasteiger partial charge is 0.231 e. The summed E-state index contributed by atoms with van der Waals surface area (Å²) >= 11 is 0. The predicted molar refractivity (Wildman–Crippen MR) is 124 cm³/mol. The second-order valence-electron chi connectivity index (χ2n) is 8.22. The minimum atomic E-state index is 0.317. The number of hydrogen-bond donors (Lipinski definition) is 0. The summed E-state index contributed by atoms with van der Waals surface area (Å²) in [6, 6.07) is 16.8. The molecule has 0 bridgehead atoms. The molecule has 0 aliphatic carbocycles. The fraction of sp³-hybridized carbons (Fsp3) is 0.423. The first-order chi connectivity index (χ1) is 15.3. The summed E-state index contributed by atoms with van der Waals surface area (Å²) in [5, 5.41) is 4.78. The SMILES string of the molecule is CCCCc1c(CN(CCCC)Cc2ccc3c(c2)OCO3)cnn1-c1ccccc1. The van der Waals surface area contributed by atoms with Crippen molar-refractivity contribution in [1.82, 2.24) is 14.7 Å². The van der Waals surface area contributed by atoms with E-state index in [1.165, 1.54) is 42.5 Å². The normalized spacial score (nSPS) is 12.6. The van der Waals surface area contributed by atoms with Gasteiger partial charge in [-0.2, -0.15) is 5.10 Å². The van der Waals surface area contributed by atoms with Crippen LogP contribution in [-0.2, 0) is 19.5 Å². The molecule has 4 rings (SSSR count). The van der Waals surface area contributed by atoms with Crippen molar-refractivity contribution in [3.63, 3.8) is 0 Å². The van der Waals surface area contributed by atoms with Crippen LogP contribution in [0.4, 0.5) is 0 Å². The molecule has 1 aromatic heterocycles. The van der Waals surface area contributed by atoms with Crippen LogP contribution in [0.25, 0.3) is 5.69 Å². The maximum absolute atomic E-state index is 5.58. The van der Waals surface area contributed by atoms with E-state index >= 15 is 0 Å². The number of benzene rings is 2. The molecule has 0 N–H and O–H groups in total. The molecule has 0 unspecified atom stereocenters. The van der Waals surface area contributed by atoms with Gasteiger partial charge < -0.3 is 9.47 Å². The molecule has 0 amide bonds. The van der Waals surface area contributed by atoms with Crippen LogP contribution < -0.4 is 9.47 Å². The standard InChI is InChI=1S/C26H33N3O2/c1-3-5-12-24-22(17-27-29(24)23-10-8-7-9-11-23)19-28(15-6-4-2)18-21-13-14-25-26(16-21)31-20-30-25/h7-11,13-14,16-17H,3-6,12,15,18-20H2,1-2H3. The van der Waals surface area contributed by atoms with E-state index in [1.54, 1.807) is 0 Å². The van der Waals surface area contributed by atoms with Gasteiger partial charge in [-0.1, -0.05) is 51.0 Å². The number of para-hydroxylation sites is 1. The first-order valence-corrected chi connectivity index (χ1v) is 11.5. The highest BCUT2D eigenvalue weighted by atomic mass is 16.7. The number of nitrogens with zero attached hydrogens (tertiary/aromatic N) is 3. The highest BCUT2D eigenvalue weighted by Gasteiger charge is 2.18. The summed E-state index contributed by atoms with van der Waals surface area (Å²) in [6.07, 6.45) is 7.83. The fourth-order valence-corrected chi connectivity index (χ4v) is 4.08. The Morgan fingerprint density at radius 2 is 1.74 bits per heavy atom. The van der Waals surface area contributed by atoms with Gasteiger partial charge in [-0.05, 0) is 55.6 Å². The molecule has 5 nitrogen and oxygen atoms in total. The number of aromatic nitrogens is 2. The van der Waals surface area contributed by atoms with E-state index in [9.17, 15) is 0 Å². The number of ether oxygens (including phenoxy) is 2. The van der Waals surface area contributed by atoms with Crippen molar-refractivity contribution in [2.45, 2.75) is 59.0 Å². The Kier molecular flexibility index (Phi) is 7.26. The Morgan fingerprint density at radius 1 is 0.935 bits per heavy atom. The zero-order chi connectivity index (χ0) is 21.5. The predicted octanol–water partition coefficient (Wildman–Crippen LogP) is 5.75. The molecular formula is C26H33N3O2. The van der Waals surface area contributed by atoms with Crippen LogP contribution in [0.15, 0.2) is 54.7 Å². The van der Waals surface area contributed by atoms with Gasteiger partial charge in [0.1, 0.15) is 0 Å². The lowest BCUT2D eigenvalue weighted by atomic mass is 10.1. The summed E-state index contributed by atoms with van der Waals surface area (Å²) in [5.41, 5.74) is 5.05. The van der Waals surface area contributed by atoms with Gasteiger partial charge in [-0.3, -0.25) is 4.90 Å². The first-order valence-electron chi connectivity index (χ1n) is 11.5. The molecule has 0 saturated heterocycles. The Balaban J connectivity index is 1.56. The van der Waals surface area contributed by atoms with E-state index in [0.717, 1.165) is 43.2 Å². The Bertz CT molecular complexity index is 968. The minimum Gasteiger partial charge on any atom is -0.454 e. The molecule has 0 saturated carbocycles. The highest BCUT2D eigenvalue weighted by Crippen LogP contribution is 2.33. The number of hydrogen-bond acceptors (Lipinski definition) is 4. The first kappa shape index (κ1) is 21.4. The van der Waals surface area contributed by atoms with Crippen LogP contribution in [0, 0.1) is 0 Å². The van der Waals surface area contributed by atoms with Crippen LogP contribution in [0.5, 0.6) is 11.5 Å². The summed E-state index contributed by atoms with van der Waals surface area (Å²) in [5.74, 6) is 1.70. The number of unbranched alkanes of at least 4 members (excludes halogenated alkanes) is 2. The number of fused-ring (bicyclic) bond motifs is 1. The van der Waals surface area contributed by atoms with Gasteiger partial charge in [0.2, 0.25) is 6.79 Å². The van der Waals surface area contributed by atoms with E-state index in [-0.39, 0.29) is 0 Å². The van der Waals surface area contributed by atoms with Crippen LogP contribution in [0.1, 0.15) is 56.4 Å². The molecule has 1 aliphatic rings. The van der Waals surface area contributed by atoms with Gasteiger partial charge in [0, 0.05) is 24.3 Å². The lowest BCUT2D eigenvalue weighted by Gasteiger charge is -2.23. The van der Waals surface area contributed by atoms with Crippen LogP contribution in [-0.4, -0.2) is 28.0 Å². The fourth-order valence-electron chi connectivity index (χ4n) is 4.08. The molecule has 5 heteroatoms. The van der Waals surface area contributed by atoms with Crippen molar-refractivity contribution in [2.75, 3.05) is 13.3 Å². The van der Waals surface area contributed by atoms with Gasteiger partial charge in [-0.25, -0.2) is 4.68 Å². The molecule has 0 fully saturated rings. The monoisotopic (exact) mass is 419 g/mol. The second-order valence-corrected chi connectivity index (χ2v) is 8.22. The zero-order valence-electron chi connectivity index (χ0n) is 18.7. The van der Waals surface area contributed by atoms with Crippen molar-refractivity contribution < 1.29 is 9.47 Å². The number of rotatable bonds is 11. The van der Waals surface area contributed by atoms with Crippen molar-refractivity contribution in [2.24, 2.45) is 0 Å². The molecule has 0 radical (unpaired) electrons. The van der Waals surface area contributed by atoms with E-state index in [2.05, 4.69) is 72.1 Å².